The van der Waals surface area contributed by atoms with Gasteiger partial charge in [-0.3, -0.25) is 4.79 Å². The highest BCUT2D eigenvalue weighted by Gasteiger charge is 2.31. The van der Waals surface area contributed by atoms with E-state index in [1.165, 1.54) is 42.8 Å². The van der Waals surface area contributed by atoms with E-state index in [-0.39, 0.29) is 41.8 Å². The predicted octanol–water partition coefficient (Wildman–Crippen LogP) is 3.86. The van der Waals surface area contributed by atoms with Crippen LogP contribution in [0.25, 0.3) is 6.08 Å². The Kier molecular flexibility index (Phi) is 11.3. The van der Waals surface area contributed by atoms with E-state index in [0.717, 1.165) is 5.56 Å². The quantitative estimate of drug-likeness (QED) is 0.247. The smallest absolute Gasteiger partial charge is 0.244 e. The average Bonchev–Trinajstić information content (AvgIpc) is 2.96. The Bertz CT molecular complexity index is 1410. The third-order valence-corrected chi connectivity index (χ3v) is 8.22. The molecule has 10 heteroatoms. The summed E-state index contributed by atoms with van der Waals surface area (Å²) in [6, 6.07) is 19.3. The van der Waals surface area contributed by atoms with Crippen LogP contribution in [0.1, 0.15) is 25.0 Å². The fourth-order valence-electron chi connectivity index (χ4n) is 4.26. The number of benzene rings is 3. The van der Waals surface area contributed by atoms with E-state index in [2.05, 4.69) is 5.32 Å². The average molecular weight is 583 g/mol. The van der Waals surface area contributed by atoms with E-state index < -0.39 is 28.1 Å². The zero-order valence-electron chi connectivity index (χ0n) is 23.7. The van der Waals surface area contributed by atoms with Crippen LogP contribution in [0.4, 0.5) is 0 Å². The zero-order chi connectivity index (χ0) is 30.0. The Labute approximate surface area is 242 Å². The molecule has 9 nitrogen and oxygen atoms in total. The molecular weight excluding hydrogens is 544 g/mol. The van der Waals surface area contributed by atoms with E-state index in [4.69, 9.17) is 9.47 Å². The Hall–Kier alpha value is -3.86. The molecule has 3 aromatic rings. The second-order valence-electron chi connectivity index (χ2n) is 10.0. The number of phenolic OH excluding ortho intramolecular Hbond substituents is 1. The number of hydrogen-bond donors (Lipinski definition) is 3. The second-order valence-corrected chi connectivity index (χ2v) is 12.0. The molecule has 3 rings (SSSR count). The summed E-state index contributed by atoms with van der Waals surface area (Å²) in [4.78, 5) is 13.0. The highest BCUT2D eigenvalue weighted by molar-refractivity contribution is 7.89. The summed E-state index contributed by atoms with van der Waals surface area (Å²) in [6.45, 7) is 3.76. The maximum absolute atomic E-state index is 13.6. The number of rotatable bonds is 14. The molecule has 0 unspecified atom stereocenters. The molecule has 2 atom stereocenters. The normalized spacial score (nSPS) is 13.3. The molecule has 0 aliphatic rings. The lowest BCUT2D eigenvalue weighted by Gasteiger charge is -2.30. The van der Waals surface area contributed by atoms with Crippen molar-refractivity contribution in [3.05, 3.63) is 90.0 Å². The molecule has 0 bridgehead atoms. The number of ether oxygens (including phenoxy) is 2. The van der Waals surface area contributed by atoms with Gasteiger partial charge in [0.2, 0.25) is 15.9 Å². The topological polar surface area (TPSA) is 125 Å². The lowest BCUT2D eigenvalue weighted by Crippen LogP contribution is -2.50. The standard InChI is InChI=1S/C31H38N2O7S/c1-22(2)20-33(41(37,38)26-14-12-25(39-3)13-15-26)21-29(35)27(18-23-8-6-5-7-9-23)32-31(36)17-11-24-10-16-28(34)30(19-24)40-4/h5-17,19,22,27,29,34-35H,18,20-21H2,1-4H3,(H,32,36)/b17-11+/t27-,29+/m0/s1. The first-order valence-electron chi connectivity index (χ1n) is 13.2. The number of aliphatic hydroxyl groups excluding tert-OH is 1. The molecule has 220 valence electrons. The Morgan fingerprint density at radius 3 is 2.27 bits per heavy atom. The number of carbonyl (C=O) groups excluding carboxylic acids is 1. The number of hydrogen-bond acceptors (Lipinski definition) is 7. The number of nitrogens with one attached hydrogen (secondary N) is 1. The van der Waals surface area contributed by atoms with Crippen LogP contribution in [0.3, 0.4) is 0 Å². The molecule has 3 aromatic carbocycles. The molecule has 0 aliphatic carbocycles. The van der Waals surface area contributed by atoms with Crippen LogP contribution < -0.4 is 14.8 Å². The summed E-state index contributed by atoms with van der Waals surface area (Å²) in [5.41, 5.74) is 1.50. The summed E-state index contributed by atoms with van der Waals surface area (Å²) >= 11 is 0. The number of amides is 1. The van der Waals surface area contributed by atoms with Gasteiger partial charge in [-0.2, -0.15) is 4.31 Å². The van der Waals surface area contributed by atoms with E-state index in [0.29, 0.717) is 11.3 Å². The Morgan fingerprint density at radius 1 is 0.976 bits per heavy atom. The van der Waals surface area contributed by atoms with Crippen LogP contribution in [-0.2, 0) is 21.2 Å². The number of methoxy groups -OCH3 is 2. The maximum Gasteiger partial charge on any atom is 0.244 e. The first kappa shape index (κ1) is 31.7. The number of carbonyl (C=O) groups is 1. The lowest BCUT2D eigenvalue weighted by molar-refractivity contribution is -0.118. The van der Waals surface area contributed by atoms with Crippen molar-refractivity contribution < 1.29 is 32.9 Å². The van der Waals surface area contributed by atoms with Crippen molar-refractivity contribution in [3.63, 3.8) is 0 Å². The second kappa shape index (κ2) is 14.7. The lowest BCUT2D eigenvalue weighted by atomic mass is 10.0. The first-order chi connectivity index (χ1) is 19.5. The molecule has 0 aliphatic heterocycles. The van der Waals surface area contributed by atoms with Gasteiger partial charge in [-0.15, -0.1) is 0 Å². The minimum Gasteiger partial charge on any atom is -0.504 e. The van der Waals surface area contributed by atoms with Crippen molar-refractivity contribution in [3.8, 4) is 17.2 Å². The largest absolute Gasteiger partial charge is 0.504 e. The third-order valence-electron chi connectivity index (χ3n) is 6.38. The molecule has 0 heterocycles. The Morgan fingerprint density at radius 2 is 1.66 bits per heavy atom. The molecule has 1 amide bonds. The highest BCUT2D eigenvalue weighted by atomic mass is 32.2. The number of sulfonamides is 1. The summed E-state index contributed by atoms with van der Waals surface area (Å²) in [5, 5.41) is 24.0. The van der Waals surface area contributed by atoms with E-state index in [1.807, 2.05) is 44.2 Å². The van der Waals surface area contributed by atoms with E-state index >= 15 is 0 Å². The summed E-state index contributed by atoms with van der Waals surface area (Å²) in [5.74, 6) is 0.306. The molecule has 0 aromatic heterocycles. The SMILES string of the molecule is COc1ccc(S(=O)(=O)N(CC(C)C)C[C@@H](O)[C@H](Cc2ccccc2)NC(=O)/C=C/c2ccc(O)c(OC)c2)cc1. The van der Waals surface area contributed by atoms with Crippen LogP contribution in [0.5, 0.6) is 17.2 Å². The van der Waals surface area contributed by atoms with Gasteiger partial charge in [0, 0.05) is 19.2 Å². The molecule has 0 saturated heterocycles. The van der Waals surface area contributed by atoms with Gasteiger partial charge in [-0.05, 0) is 65.9 Å². The number of phenols is 1. The van der Waals surface area contributed by atoms with E-state index in [9.17, 15) is 23.4 Å². The van der Waals surface area contributed by atoms with Crippen LogP contribution in [-0.4, -0.2) is 68.3 Å². The molecule has 0 saturated carbocycles. The zero-order valence-corrected chi connectivity index (χ0v) is 24.5. The summed E-state index contributed by atoms with van der Waals surface area (Å²) < 4.78 is 38.7. The molecule has 3 N–H and O–H groups in total. The molecule has 0 radical (unpaired) electrons. The molecule has 0 spiro atoms. The summed E-state index contributed by atoms with van der Waals surface area (Å²) in [6.07, 6.45) is 1.94. The van der Waals surface area contributed by atoms with Gasteiger partial charge >= 0.3 is 0 Å². The summed E-state index contributed by atoms with van der Waals surface area (Å²) in [7, 11) is -1.01. The van der Waals surface area contributed by atoms with Crippen molar-refractivity contribution in [2.75, 3.05) is 27.3 Å². The van der Waals surface area contributed by atoms with Crippen LogP contribution in [0.2, 0.25) is 0 Å². The molecule has 0 fully saturated rings. The van der Waals surface area contributed by atoms with Crippen LogP contribution in [0, 0.1) is 5.92 Å². The van der Waals surface area contributed by atoms with Gasteiger partial charge in [0.05, 0.1) is 31.3 Å². The van der Waals surface area contributed by atoms with E-state index in [1.54, 1.807) is 30.3 Å². The van der Waals surface area contributed by atoms with Gasteiger partial charge in [-0.25, -0.2) is 8.42 Å². The molecule has 41 heavy (non-hydrogen) atoms. The van der Waals surface area contributed by atoms with Crippen molar-refractivity contribution in [2.45, 2.75) is 37.3 Å². The predicted molar refractivity (Wildman–Crippen MR) is 158 cm³/mol. The third kappa shape index (κ3) is 9.07. The minimum atomic E-state index is -3.95. The van der Waals surface area contributed by atoms with Crippen LogP contribution >= 0.6 is 0 Å². The maximum atomic E-state index is 13.6. The van der Waals surface area contributed by atoms with Gasteiger partial charge < -0.3 is 25.0 Å². The number of nitrogens with zero attached hydrogens (tertiary/aromatic N) is 1. The fraction of sp³-hybridized carbons (Fsp3) is 0.323. The van der Waals surface area contributed by atoms with Gasteiger partial charge in [0.25, 0.3) is 0 Å². The number of aromatic hydroxyl groups is 1. The fourth-order valence-corrected chi connectivity index (χ4v) is 5.88. The molecular formula is C31H38N2O7S. The monoisotopic (exact) mass is 582 g/mol. The minimum absolute atomic E-state index is 0.0115. The highest BCUT2D eigenvalue weighted by Crippen LogP contribution is 2.27. The van der Waals surface area contributed by atoms with Crippen molar-refractivity contribution in [2.24, 2.45) is 5.92 Å². The van der Waals surface area contributed by atoms with Crippen molar-refractivity contribution >= 4 is 22.0 Å². The van der Waals surface area contributed by atoms with Crippen molar-refractivity contribution in [1.82, 2.24) is 9.62 Å². The van der Waals surface area contributed by atoms with Gasteiger partial charge in [-0.1, -0.05) is 50.2 Å². The van der Waals surface area contributed by atoms with Crippen LogP contribution in [0.15, 0.2) is 83.8 Å². The first-order valence-corrected chi connectivity index (χ1v) is 14.7. The van der Waals surface area contributed by atoms with Crippen molar-refractivity contribution in [1.29, 1.82) is 0 Å². The number of aliphatic hydroxyl groups is 1. The van der Waals surface area contributed by atoms with Gasteiger partial charge in [0.15, 0.2) is 11.5 Å². The van der Waals surface area contributed by atoms with Gasteiger partial charge in [0.1, 0.15) is 5.75 Å². The Balaban J connectivity index is 1.84.